The molecule has 1 unspecified atom stereocenters. The quantitative estimate of drug-likeness (QED) is 0.742. The molecule has 20 heavy (non-hydrogen) atoms. The molecule has 0 aromatic heterocycles. The van der Waals surface area contributed by atoms with Gasteiger partial charge in [0.2, 0.25) is 5.91 Å². The van der Waals surface area contributed by atoms with Crippen molar-refractivity contribution in [1.29, 1.82) is 0 Å². The Morgan fingerprint density at radius 2 is 2.30 bits per heavy atom. The van der Waals surface area contributed by atoms with Crippen molar-refractivity contribution in [1.82, 2.24) is 10.6 Å². The number of nitrogens with one attached hydrogen (secondary N) is 3. The summed E-state index contributed by atoms with van der Waals surface area (Å²) in [4.78, 5) is 23.4. The van der Waals surface area contributed by atoms with Gasteiger partial charge in [0, 0.05) is 37.3 Å². The van der Waals surface area contributed by atoms with Gasteiger partial charge in [-0.1, -0.05) is 6.07 Å². The highest BCUT2D eigenvalue weighted by Gasteiger charge is 2.17. The van der Waals surface area contributed by atoms with Crippen molar-refractivity contribution in [2.24, 2.45) is 0 Å². The average molecular weight is 277 g/mol. The van der Waals surface area contributed by atoms with E-state index in [-0.39, 0.29) is 17.9 Å². The van der Waals surface area contributed by atoms with Crippen LogP contribution in [0, 0.1) is 0 Å². The van der Waals surface area contributed by atoms with Crippen LogP contribution in [0.3, 0.4) is 0 Å². The fourth-order valence-electron chi connectivity index (χ4n) is 2.07. The summed E-state index contributed by atoms with van der Waals surface area (Å²) in [7, 11) is 1.57. The van der Waals surface area contributed by atoms with E-state index >= 15 is 0 Å². The Hall–Kier alpha value is -1.92. The molecule has 0 radical (unpaired) electrons. The van der Waals surface area contributed by atoms with Crippen LogP contribution in [0.4, 0.5) is 5.69 Å². The largest absolute Gasteiger partial charge is 0.378 e. The lowest BCUT2D eigenvalue weighted by Crippen LogP contribution is -2.43. The van der Waals surface area contributed by atoms with Crippen molar-refractivity contribution >= 4 is 17.5 Å². The third kappa shape index (κ3) is 4.04. The van der Waals surface area contributed by atoms with Crippen molar-refractivity contribution in [2.45, 2.75) is 12.5 Å². The van der Waals surface area contributed by atoms with E-state index in [2.05, 4.69) is 16.0 Å². The topological polar surface area (TPSA) is 79.5 Å². The van der Waals surface area contributed by atoms with Crippen LogP contribution < -0.4 is 16.0 Å². The Labute approximate surface area is 117 Å². The third-order valence-electron chi connectivity index (χ3n) is 3.07. The van der Waals surface area contributed by atoms with E-state index in [1.54, 1.807) is 31.3 Å². The number of morpholine rings is 1. The summed E-state index contributed by atoms with van der Waals surface area (Å²) in [5.41, 5.74) is 1.14. The number of anilines is 1. The van der Waals surface area contributed by atoms with E-state index in [0.29, 0.717) is 30.9 Å². The fourth-order valence-corrected chi connectivity index (χ4v) is 2.07. The second kappa shape index (κ2) is 7.02. The zero-order chi connectivity index (χ0) is 14.4. The first-order valence-corrected chi connectivity index (χ1v) is 6.62. The van der Waals surface area contributed by atoms with E-state index in [1.165, 1.54) is 0 Å². The normalized spacial score (nSPS) is 18.4. The Kier molecular flexibility index (Phi) is 5.09. The lowest BCUT2D eigenvalue weighted by molar-refractivity contribution is -0.117. The molecule has 3 N–H and O–H groups in total. The number of amides is 2. The molecule has 0 aliphatic carbocycles. The lowest BCUT2D eigenvalue weighted by atomic mass is 10.1. The van der Waals surface area contributed by atoms with E-state index < -0.39 is 0 Å². The van der Waals surface area contributed by atoms with Gasteiger partial charge in [-0.25, -0.2) is 0 Å². The molecular weight excluding hydrogens is 258 g/mol. The smallest absolute Gasteiger partial charge is 0.251 e. The molecule has 0 bridgehead atoms. The molecule has 0 saturated carbocycles. The maximum absolute atomic E-state index is 11.9. The number of hydrogen-bond donors (Lipinski definition) is 3. The van der Waals surface area contributed by atoms with Gasteiger partial charge >= 0.3 is 0 Å². The highest BCUT2D eigenvalue weighted by molar-refractivity contribution is 5.97. The number of rotatable bonds is 4. The van der Waals surface area contributed by atoms with E-state index in [1.807, 2.05) is 0 Å². The van der Waals surface area contributed by atoms with Crippen molar-refractivity contribution in [3.8, 4) is 0 Å². The molecule has 1 aliphatic rings. The van der Waals surface area contributed by atoms with Crippen LogP contribution in [0.5, 0.6) is 0 Å². The predicted molar refractivity (Wildman–Crippen MR) is 75.7 cm³/mol. The Morgan fingerprint density at radius 3 is 3.00 bits per heavy atom. The number of benzene rings is 1. The second-order valence-electron chi connectivity index (χ2n) is 4.64. The molecule has 1 atom stereocenters. The van der Waals surface area contributed by atoms with Gasteiger partial charge in [-0.15, -0.1) is 0 Å². The molecule has 1 heterocycles. The van der Waals surface area contributed by atoms with Crippen LogP contribution in [0.1, 0.15) is 16.8 Å². The van der Waals surface area contributed by atoms with Crippen LogP contribution >= 0.6 is 0 Å². The molecule has 1 aromatic rings. The summed E-state index contributed by atoms with van der Waals surface area (Å²) in [5.74, 6) is -0.273. The number of hydrogen-bond acceptors (Lipinski definition) is 4. The van der Waals surface area contributed by atoms with Gasteiger partial charge < -0.3 is 20.7 Å². The summed E-state index contributed by atoms with van der Waals surface area (Å²) in [5, 5.41) is 8.57. The molecule has 1 fully saturated rings. The fraction of sp³-hybridized carbons (Fsp3) is 0.429. The Bertz CT molecular complexity index is 484. The molecule has 1 aromatic carbocycles. The van der Waals surface area contributed by atoms with Crippen molar-refractivity contribution in [3.63, 3.8) is 0 Å². The monoisotopic (exact) mass is 277 g/mol. The summed E-state index contributed by atoms with van der Waals surface area (Å²) in [6.45, 7) is 2.00. The lowest BCUT2D eigenvalue weighted by Gasteiger charge is -2.23. The summed E-state index contributed by atoms with van der Waals surface area (Å²) >= 11 is 0. The molecule has 6 nitrogen and oxygen atoms in total. The molecule has 2 amide bonds. The van der Waals surface area contributed by atoms with Crippen LogP contribution in [0.15, 0.2) is 24.3 Å². The second-order valence-corrected chi connectivity index (χ2v) is 4.64. The first-order chi connectivity index (χ1) is 9.69. The molecule has 6 heteroatoms. The van der Waals surface area contributed by atoms with Gasteiger partial charge in [0.15, 0.2) is 0 Å². The van der Waals surface area contributed by atoms with E-state index in [0.717, 1.165) is 6.54 Å². The number of carbonyl (C=O) groups excluding carboxylic acids is 2. The Morgan fingerprint density at radius 1 is 1.45 bits per heavy atom. The van der Waals surface area contributed by atoms with Crippen LogP contribution in [0.2, 0.25) is 0 Å². The van der Waals surface area contributed by atoms with Gasteiger partial charge in [-0.3, -0.25) is 9.59 Å². The first-order valence-electron chi connectivity index (χ1n) is 6.62. The van der Waals surface area contributed by atoms with Crippen LogP contribution in [-0.2, 0) is 9.53 Å². The molecular formula is C14H19N3O3. The molecule has 1 aliphatic heterocycles. The zero-order valence-electron chi connectivity index (χ0n) is 11.4. The van der Waals surface area contributed by atoms with Gasteiger partial charge in [-0.2, -0.15) is 0 Å². The number of ether oxygens (including phenoxy) is 1. The molecule has 0 spiro atoms. The number of carbonyl (C=O) groups is 2. The minimum absolute atomic E-state index is 0.0471. The van der Waals surface area contributed by atoms with E-state index in [4.69, 9.17) is 4.74 Å². The first kappa shape index (κ1) is 14.5. The van der Waals surface area contributed by atoms with Gasteiger partial charge in [-0.05, 0) is 18.2 Å². The van der Waals surface area contributed by atoms with Crippen LogP contribution in [0.25, 0.3) is 0 Å². The van der Waals surface area contributed by atoms with Crippen molar-refractivity contribution in [2.75, 3.05) is 32.1 Å². The zero-order valence-corrected chi connectivity index (χ0v) is 11.4. The predicted octanol–water partition coefficient (Wildman–Crippen LogP) is 0.363. The summed E-state index contributed by atoms with van der Waals surface area (Å²) in [6, 6.07) is 6.90. The third-order valence-corrected chi connectivity index (χ3v) is 3.07. The maximum atomic E-state index is 11.9. The minimum atomic E-state index is -0.177. The minimum Gasteiger partial charge on any atom is -0.378 e. The summed E-state index contributed by atoms with van der Waals surface area (Å²) < 4.78 is 5.30. The average Bonchev–Trinajstić information content (AvgIpc) is 2.47. The van der Waals surface area contributed by atoms with E-state index in [9.17, 15) is 9.59 Å². The standard InChI is InChI=1S/C14H19N3O3/c1-15-14(19)10-3-2-4-11(7-10)17-13(18)8-12-9-20-6-5-16-12/h2-4,7,12,16H,5-6,8-9H2,1H3,(H,15,19)(H,17,18). The molecule has 108 valence electrons. The van der Waals surface area contributed by atoms with Gasteiger partial charge in [0.25, 0.3) is 5.91 Å². The van der Waals surface area contributed by atoms with Gasteiger partial charge in [0.1, 0.15) is 0 Å². The SMILES string of the molecule is CNC(=O)c1cccc(NC(=O)CC2COCCN2)c1. The Balaban J connectivity index is 1.91. The van der Waals surface area contributed by atoms with Gasteiger partial charge in [0.05, 0.1) is 13.2 Å². The van der Waals surface area contributed by atoms with Crippen molar-refractivity contribution in [3.05, 3.63) is 29.8 Å². The van der Waals surface area contributed by atoms with Crippen molar-refractivity contribution < 1.29 is 14.3 Å². The molecule has 1 saturated heterocycles. The highest BCUT2D eigenvalue weighted by Crippen LogP contribution is 2.11. The van der Waals surface area contributed by atoms with Crippen LogP contribution in [-0.4, -0.2) is 44.7 Å². The summed E-state index contributed by atoms with van der Waals surface area (Å²) in [6.07, 6.45) is 0.351. The molecule has 2 rings (SSSR count). The highest BCUT2D eigenvalue weighted by atomic mass is 16.5. The maximum Gasteiger partial charge on any atom is 0.251 e.